The van der Waals surface area contributed by atoms with Gasteiger partial charge >= 0.3 is 0 Å². The number of hydrogen-bond acceptors (Lipinski definition) is 4. The molecule has 23 heavy (non-hydrogen) atoms. The van der Waals surface area contributed by atoms with E-state index in [2.05, 4.69) is 12.1 Å². The average molecular weight is 329 g/mol. The third kappa shape index (κ3) is 3.45. The van der Waals surface area contributed by atoms with Gasteiger partial charge in [0.25, 0.3) is 0 Å². The van der Waals surface area contributed by atoms with Gasteiger partial charge in [-0.2, -0.15) is 0 Å². The Labute approximate surface area is 141 Å². The monoisotopic (exact) mass is 329 g/mol. The van der Waals surface area contributed by atoms with Crippen LogP contribution in [0.2, 0.25) is 0 Å². The Hall–Kier alpha value is -1.33. The second kappa shape index (κ2) is 6.29. The molecule has 0 atom stereocenters. The first-order valence-electron chi connectivity index (χ1n) is 8.61. The summed E-state index contributed by atoms with van der Waals surface area (Å²) in [6.45, 7) is 0. The maximum atomic E-state index is 10.7. The number of aromatic nitrogens is 3. The highest BCUT2D eigenvalue weighted by molar-refractivity contribution is 7.99. The molecule has 2 saturated carbocycles. The first-order valence-corrected chi connectivity index (χ1v) is 9.60. The third-order valence-electron chi connectivity index (χ3n) is 4.81. The van der Waals surface area contributed by atoms with Crippen molar-refractivity contribution < 1.29 is 5.11 Å². The molecule has 1 N–H and O–H groups in total. The number of nitrogens with zero attached hydrogens (tertiary/aromatic N) is 3. The van der Waals surface area contributed by atoms with Gasteiger partial charge in [-0.1, -0.05) is 49.2 Å². The zero-order valence-electron chi connectivity index (χ0n) is 13.3. The summed E-state index contributed by atoms with van der Waals surface area (Å²) >= 11 is 1.61. The van der Waals surface area contributed by atoms with Crippen LogP contribution in [0, 0.1) is 0 Å². The highest BCUT2D eigenvalue weighted by Gasteiger charge is 2.32. The van der Waals surface area contributed by atoms with E-state index in [0.29, 0.717) is 11.7 Å². The molecule has 4 nitrogen and oxygen atoms in total. The first-order chi connectivity index (χ1) is 11.2. The molecule has 0 radical (unpaired) electrons. The van der Waals surface area contributed by atoms with Crippen molar-refractivity contribution in [3.8, 4) is 5.69 Å². The van der Waals surface area contributed by atoms with E-state index in [1.807, 2.05) is 22.9 Å². The maximum absolute atomic E-state index is 10.7. The standard InChI is InChI=1S/C18H23N3OS/c22-18(11-5-2-6-12-18)13-23-17-19-16(14-9-10-14)21(20-17)15-7-3-1-4-8-15/h1,3-4,7-8,14,22H,2,5-6,9-13H2. The summed E-state index contributed by atoms with van der Waals surface area (Å²) in [7, 11) is 0. The summed E-state index contributed by atoms with van der Waals surface area (Å²) in [5, 5.41) is 16.2. The molecular weight excluding hydrogens is 306 g/mol. The molecule has 0 spiro atoms. The van der Waals surface area contributed by atoms with Crippen molar-refractivity contribution in [3.05, 3.63) is 36.2 Å². The summed E-state index contributed by atoms with van der Waals surface area (Å²) in [6, 6.07) is 10.2. The predicted molar refractivity (Wildman–Crippen MR) is 92.1 cm³/mol. The number of benzene rings is 1. The molecule has 0 bridgehead atoms. The van der Waals surface area contributed by atoms with Crippen LogP contribution in [0.1, 0.15) is 56.7 Å². The molecular formula is C18H23N3OS. The van der Waals surface area contributed by atoms with E-state index < -0.39 is 5.60 Å². The van der Waals surface area contributed by atoms with Gasteiger partial charge in [-0.05, 0) is 37.8 Å². The lowest BCUT2D eigenvalue weighted by Gasteiger charge is -2.31. The van der Waals surface area contributed by atoms with Gasteiger partial charge in [-0.15, -0.1) is 5.10 Å². The van der Waals surface area contributed by atoms with Gasteiger partial charge in [0.05, 0.1) is 11.3 Å². The van der Waals surface area contributed by atoms with Gasteiger partial charge < -0.3 is 5.11 Å². The van der Waals surface area contributed by atoms with Crippen molar-refractivity contribution in [2.75, 3.05) is 5.75 Å². The highest BCUT2D eigenvalue weighted by Crippen LogP contribution is 2.41. The first kappa shape index (κ1) is 15.2. The van der Waals surface area contributed by atoms with E-state index in [1.54, 1.807) is 11.8 Å². The lowest BCUT2D eigenvalue weighted by atomic mass is 9.86. The zero-order valence-corrected chi connectivity index (χ0v) is 14.1. The van der Waals surface area contributed by atoms with Crippen LogP contribution in [0.3, 0.4) is 0 Å². The molecule has 0 amide bonds. The van der Waals surface area contributed by atoms with Gasteiger partial charge in [-0.3, -0.25) is 0 Å². The number of rotatable bonds is 5. The average Bonchev–Trinajstić information content (AvgIpc) is 3.34. The van der Waals surface area contributed by atoms with Crippen molar-refractivity contribution in [1.29, 1.82) is 0 Å². The molecule has 1 aromatic carbocycles. The van der Waals surface area contributed by atoms with E-state index in [-0.39, 0.29) is 0 Å². The molecule has 5 heteroatoms. The van der Waals surface area contributed by atoms with Gasteiger partial charge in [0.2, 0.25) is 5.16 Å². The molecule has 2 aliphatic rings. The van der Waals surface area contributed by atoms with E-state index in [0.717, 1.165) is 42.4 Å². The SMILES string of the molecule is OC1(CSc2nc(C3CC3)n(-c3ccccc3)n2)CCCCC1. The van der Waals surface area contributed by atoms with Crippen LogP contribution in [0.5, 0.6) is 0 Å². The molecule has 0 aliphatic heterocycles. The summed E-state index contributed by atoms with van der Waals surface area (Å²) in [6.07, 6.45) is 7.76. The molecule has 2 fully saturated rings. The Morgan fingerprint density at radius 2 is 1.87 bits per heavy atom. The van der Waals surface area contributed by atoms with Crippen LogP contribution in [0.15, 0.2) is 35.5 Å². The number of aliphatic hydroxyl groups is 1. The summed E-state index contributed by atoms with van der Waals surface area (Å²) in [5.41, 5.74) is 0.547. The largest absolute Gasteiger partial charge is 0.389 e. The van der Waals surface area contributed by atoms with Crippen molar-refractivity contribution in [3.63, 3.8) is 0 Å². The van der Waals surface area contributed by atoms with Gasteiger partial charge in [0, 0.05) is 11.7 Å². The minimum absolute atomic E-state index is 0.527. The van der Waals surface area contributed by atoms with Crippen LogP contribution in [0.4, 0.5) is 0 Å². The van der Waals surface area contributed by atoms with Crippen LogP contribution in [-0.4, -0.2) is 31.2 Å². The summed E-state index contributed by atoms with van der Waals surface area (Å²) < 4.78 is 1.99. The van der Waals surface area contributed by atoms with Crippen molar-refractivity contribution in [2.45, 2.75) is 61.6 Å². The Balaban J connectivity index is 1.53. The number of para-hydroxylation sites is 1. The van der Waals surface area contributed by atoms with E-state index >= 15 is 0 Å². The lowest BCUT2D eigenvalue weighted by Crippen LogP contribution is -2.34. The fraction of sp³-hybridized carbons (Fsp3) is 0.556. The third-order valence-corrected chi connectivity index (χ3v) is 5.92. The quantitative estimate of drug-likeness (QED) is 0.844. The van der Waals surface area contributed by atoms with Gasteiger partial charge in [0.1, 0.15) is 5.82 Å². The molecule has 2 aromatic rings. The van der Waals surface area contributed by atoms with Gasteiger partial charge in [0.15, 0.2) is 0 Å². The molecule has 0 unspecified atom stereocenters. The van der Waals surface area contributed by atoms with Gasteiger partial charge in [-0.25, -0.2) is 9.67 Å². The molecule has 2 aliphatic carbocycles. The zero-order chi connectivity index (χ0) is 15.7. The minimum atomic E-state index is -0.527. The summed E-state index contributed by atoms with van der Waals surface area (Å²) in [4.78, 5) is 4.77. The normalized spacial score (nSPS) is 20.6. The number of thioether (sulfide) groups is 1. The Morgan fingerprint density at radius 1 is 1.13 bits per heavy atom. The Morgan fingerprint density at radius 3 is 2.57 bits per heavy atom. The molecule has 1 heterocycles. The van der Waals surface area contributed by atoms with E-state index in [4.69, 9.17) is 10.1 Å². The smallest absolute Gasteiger partial charge is 0.209 e. The second-order valence-corrected chi connectivity index (χ2v) is 7.79. The van der Waals surface area contributed by atoms with Crippen molar-refractivity contribution >= 4 is 11.8 Å². The maximum Gasteiger partial charge on any atom is 0.209 e. The van der Waals surface area contributed by atoms with Crippen molar-refractivity contribution in [2.24, 2.45) is 0 Å². The highest BCUT2D eigenvalue weighted by atomic mass is 32.2. The van der Waals surface area contributed by atoms with Crippen LogP contribution in [-0.2, 0) is 0 Å². The molecule has 1 aromatic heterocycles. The Bertz CT molecular complexity index is 660. The fourth-order valence-corrected chi connectivity index (χ4v) is 4.27. The van der Waals surface area contributed by atoms with E-state index in [1.165, 1.54) is 19.3 Å². The summed E-state index contributed by atoms with van der Waals surface area (Å²) in [5.74, 6) is 2.33. The Kier molecular flexibility index (Phi) is 4.16. The molecule has 122 valence electrons. The topological polar surface area (TPSA) is 50.9 Å². The van der Waals surface area contributed by atoms with Crippen molar-refractivity contribution in [1.82, 2.24) is 14.8 Å². The minimum Gasteiger partial charge on any atom is -0.389 e. The van der Waals surface area contributed by atoms with Crippen LogP contribution >= 0.6 is 11.8 Å². The van der Waals surface area contributed by atoms with E-state index in [9.17, 15) is 5.11 Å². The van der Waals surface area contributed by atoms with Crippen LogP contribution in [0.25, 0.3) is 5.69 Å². The van der Waals surface area contributed by atoms with Crippen LogP contribution < -0.4 is 0 Å². The molecule has 0 saturated heterocycles. The molecule has 4 rings (SSSR count). The lowest BCUT2D eigenvalue weighted by molar-refractivity contribution is 0.0272. The number of hydrogen-bond donors (Lipinski definition) is 1. The second-order valence-electron chi connectivity index (χ2n) is 6.85. The fourth-order valence-electron chi connectivity index (χ4n) is 3.28. The predicted octanol–water partition coefficient (Wildman–Crippen LogP) is 3.93.